The first-order chi connectivity index (χ1) is 12.0. The Bertz CT molecular complexity index is 745. The molecule has 0 fully saturated rings. The van der Waals surface area contributed by atoms with E-state index in [1.807, 2.05) is 57.2 Å². The van der Waals surface area contributed by atoms with E-state index < -0.39 is 0 Å². The molecular formula is C21H24N2O2. The van der Waals surface area contributed by atoms with Gasteiger partial charge in [0, 0.05) is 6.42 Å². The SMILES string of the molecule is CC(C)Oc1cccc(C(C)NC(=O)CCc2ccc(C#N)cc2)c1. The first kappa shape index (κ1) is 18.5. The van der Waals surface area contributed by atoms with Crippen molar-refractivity contribution < 1.29 is 9.53 Å². The van der Waals surface area contributed by atoms with Crippen LogP contribution in [0.25, 0.3) is 0 Å². The minimum absolute atomic E-state index is 0.00652. The monoisotopic (exact) mass is 336 g/mol. The van der Waals surface area contributed by atoms with Crippen molar-refractivity contribution in [1.29, 1.82) is 5.26 Å². The van der Waals surface area contributed by atoms with Crippen molar-refractivity contribution in [2.75, 3.05) is 0 Å². The quantitative estimate of drug-likeness (QED) is 0.826. The highest BCUT2D eigenvalue weighted by molar-refractivity contribution is 5.76. The van der Waals surface area contributed by atoms with E-state index >= 15 is 0 Å². The topological polar surface area (TPSA) is 62.1 Å². The van der Waals surface area contributed by atoms with Gasteiger partial charge in [-0.2, -0.15) is 5.26 Å². The van der Waals surface area contributed by atoms with Gasteiger partial charge < -0.3 is 10.1 Å². The van der Waals surface area contributed by atoms with Crippen molar-refractivity contribution in [2.45, 2.75) is 45.8 Å². The molecular weight excluding hydrogens is 312 g/mol. The standard InChI is InChI=1S/C21H24N2O2/c1-15(2)25-20-6-4-5-19(13-20)16(3)23-21(24)12-11-17-7-9-18(14-22)10-8-17/h4-10,13,15-16H,11-12H2,1-3H3,(H,23,24). The Labute approximate surface area is 149 Å². The van der Waals surface area contributed by atoms with Gasteiger partial charge in [-0.3, -0.25) is 4.79 Å². The highest BCUT2D eigenvalue weighted by Gasteiger charge is 2.11. The van der Waals surface area contributed by atoms with Gasteiger partial charge in [-0.15, -0.1) is 0 Å². The second kappa shape index (κ2) is 8.89. The Kier molecular flexibility index (Phi) is 6.59. The first-order valence-corrected chi connectivity index (χ1v) is 8.53. The summed E-state index contributed by atoms with van der Waals surface area (Å²) in [6.07, 6.45) is 1.19. The molecule has 4 nitrogen and oxygen atoms in total. The average molecular weight is 336 g/mol. The zero-order valence-electron chi connectivity index (χ0n) is 15.0. The lowest BCUT2D eigenvalue weighted by Crippen LogP contribution is -2.26. The van der Waals surface area contributed by atoms with Crippen LogP contribution in [-0.4, -0.2) is 12.0 Å². The van der Waals surface area contributed by atoms with Crippen molar-refractivity contribution in [3.05, 3.63) is 65.2 Å². The van der Waals surface area contributed by atoms with Crippen LogP contribution in [-0.2, 0) is 11.2 Å². The fraction of sp³-hybridized carbons (Fsp3) is 0.333. The molecule has 4 heteroatoms. The van der Waals surface area contributed by atoms with Crippen LogP contribution in [0.3, 0.4) is 0 Å². The van der Waals surface area contributed by atoms with Crippen molar-refractivity contribution in [3.8, 4) is 11.8 Å². The molecule has 0 saturated carbocycles. The van der Waals surface area contributed by atoms with E-state index in [2.05, 4.69) is 11.4 Å². The van der Waals surface area contributed by atoms with Gasteiger partial charge >= 0.3 is 0 Å². The van der Waals surface area contributed by atoms with Gasteiger partial charge in [-0.25, -0.2) is 0 Å². The molecule has 0 aliphatic carbocycles. The van der Waals surface area contributed by atoms with Gasteiger partial charge in [0.1, 0.15) is 5.75 Å². The van der Waals surface area contributed by atoms with Crippen LogP contribution in [0.15, 0.2) is 48.5 Å². The molecule has 130 valence electrons. The number of ether oxygens (including phenoxy) is 1. The largest absolute Gasteiger partial charge is 0.491 e. The molecule has 1 atom stereocenters. The van der Waals surface area contributed by atoms with Crippen LogP contribution < -0.4 is 10.1 Å². The van der Waals surface area contributed by atoms with Crippen LogP contribution in [0.2, 0.25) is 0 Å². The third-order valence-corrected chi connectivity index (χ3v) is 3.83. The predicted molar refractivity (Wildman–Crippen MR) is 98.2 cm³/mol. The summed E-state index contributed by atoms with van der Waals surface area (Å²) in [6, 6.07) is 17.1. The number of carbonyl (C=O) groups excluding carboxylic acids is 1. The van der Waals surface area contributed by atoms with Gasteiger partial charge in [0.2, 0.25) is 5.91 Å². The van der Waals surface area contributed by atoms with Gasteiger partial charge in [0.15, 0.2) is 0 Å². The smallest absolute Gasteiger partial charge is 0.220 e. The van der Waals surface area contributed by atoms with E-state index in [-0.39, 0.29) is 18.1 Å². The Hall–Kier alpha value is -2.80. The molecule has 0 aliphatic rings. The summed E-state index contributed by atoms with van der Waals surface area (Å²) in [4.78, 5) is 12.2. The molecule has 0 radical (unpaired) electrons. The third kappa shape index (κ3) is 5.96. The van der Waals surface area contributed by atoms with Crippen molar-refractivity contribution in [3.63, 3.8) is 0 Å². The zero-order chi connectivity index (χ0) is 18.2. The van der Waals surface area contributed by atoms with E-state index in [4.69, 9.17) is 10.00 Å². The van der Waals surface area contributed by atoms with E-state index in [1.165, 1.54) is 0 Å². The van der Waals surface area contributed by atoms with Crippen LogP contribution >= 0.6 is 0 Å². The van der Waals surface area contributed by atoms with E-state index in [0.29, 0.717) is 18.4 Å². The average Bonchev–Trinajstić information content (AvgIpc) is 2.60. The zero-order valence-corrected chi connectivity index (χ0v) is 15.0. The Morgan fingerprint density at radius 3 is 2.52 bits per heavy atom. The Morgan fingerprint density at radius 1 is 1.16 bits per heavy atom. The second-order valence-corrected chi connectivity index (χ2v) is 6.34. The number of carbonyl (C=O) groups is 1. The fourth-order valence-corrected chi connectivity index (χ4v) is 2.53. The molecule has 25 heavy (non-hydrogen) atoms. The van der Waals surface area contributed by atoms with Gasteiger partial charge in [-0.05, 0) is 62.6 Å². The van der Waals surface area contributed by atoms with Crippen molar-refractivity contribution in [1.82, 2.24) is 5.32 Å². The van der Waals surface area contributed by atoms with Crippen LogP contribution in [0.5, 0.6) is 5.75 Å². The molecule has 1 unspecified atom stereocenters. The number of nitriles is 1. The molecule has 0 aromatic heterocycles. The first-order valence-electron chi connectivity index (χ1n) is 8.53. The maximum atomic E-state index is 12.2. The maximum Gasteiger partial charge on any atom is 0.220 e. The molecule has 2 rings (SSSR count). The number of rotatable bonds is 7. The molecule has 1 N–H and O–H groups in total. The van der Waals surface area contributed by atoms with Crippen molar-refractivity contribution >= 4 is 5.91 Å². The lowest BCUT2D eigenvalue weighted by Gasteiger charge is -2.16. The Balaban J connectivity index is 1.88. The fourth-order valence-electron chi connectivity index (χ4n) is 2.53. The summed E-state index contributed by atoms with van der Waals surface area (Å²) in [6.45, 7) is 5.94. The number of nitrogens with zero attached hydrogens (tertiary/aromatic N) is 1. The van der Waals surface area contributed by atoms with Crippen LogP contribution in [0.4, 0.5) is 0 Å². The highest BCUT2D eigenvalue weighted by Crippen LogP contribution is 2.20. The van der Waals surface area contributed by atoms with Crippen LogP contribution in [0.1, 0.15) is 49.9 Å². The molecule has 0 saturated heterocycles. The second-order valence-electron chi connectivity index (χ2n) is 6.34. The van der Waals surface area contributed by atoms with E-state index in [9.17, 15) is 4.79 Å². The summed E-state index contributed by atoms with van der Waals surface area (Å²) < 4.78 is 5.70. The number of aryl methyl sites for hydroxylation is 1. The minimum Gasteiger partial charge on any atom is -0.491 e. The normalized spacial score (nSPS) is 11.6. The van der Waals surface area contributed by atoms with E-state index in [0.717, 1.165) is 16.9 Å². The molecule has 0 aliphatic heterocycles. The lowest BCUT2D eigenvalue weighted by atomic mass is 10.1. The minimum atomic E-state index is -0.0795. The molecule has 0 heterocycles. The van der Waals surface area contributed by atoms with Crippen LogP contribution in [0, 0.1) is 11.3 Å². The predicted octanol–water partition coefficient (Wildman–Crippen LogP) is 4.16. The molecule has 1 amide bonds. The van der Waals surface area contributed by atoms with Crippen molar-refractivity contribution in [2.24, 2.45) is 0 Å². The molecule has 0 bridgehead atoms. The third-order valence-electron chi connectivity index (χ3n) is 3.83. The molecule has 2 aromatic rings. The number of hydrogen-bond donors (Lipinski definition) is 1. The summed E-state index contributed by atoms with van der Waals surface area (Å²) in [5.41, 5.74) is 2.70. The number of benzene rings is 2. The maximum absolute atomic E-state index is 12.2. The number of hydrogen-bond acceptors (Lipinski definition) is 3. The lowest BCUT2D eigenvalue weighted by molar-refractivity contribution is -0.121. The molecule has 2 aromatic carbocycles. The Morgan fingerprint density at radius 2 is 1.88 bits per heavy atom. The summed E-state index contributed by atoms with van der Waals surface area (Å²) >= 11 is 0. The molecule has 0 spiro atoms. The highest BCUT2D eigenvalue weighted by atomic mass is 16.5. The van der Waals surface area contributed by atoms with Gasteiger partial charge in [-0.1, -0.05) is 24.3 Å². The number of amides is 1. The summed E-state index contributed by atoms with van der Waals surface area (Å²) in [7, 11) is 0. The number of nitrogens with one attached hydrogen (secondary N) is 1. The van der Waals surface area contributed by atoms with E-state index in [1.54, 1.807) is 12.1 Å². The van der Waals surface area contributed by atoms with Gasteiger partial charge in [0.25, 0.3) is 0 Å². The summed E-state index contributed by atoms with van der Waals surface area (Å²) in [5.74, 6) is 0.818. The summed E-state index contributed by atoms with van der Waals surface area (Å²) in [5, 5.41) is 11.8. The van der Waals surface area contributed by atoms with Gasteiger partial charge in [0.05, 0.1) is 23.8 Å².